The molecule has 0 saturated heterocycles. The Morgan fingerprint density at radius 1 is 1.24 bits per heavy atom. The van der Waals surface area contributed by atoms with Crippen LogP contribution in [0, 0.1) is 11.8 Å². The second-order valence-corrected chi connectivity index (χ2v) is 5.55. The van der Waals surface area contributed by atoms with E-state index in [1.54, 1.807) is 6.07 Å². The molecule has 108 valence electrons. The summed E-state index contributed by atoms with van der Waals surface area (Å²) in [6.45, 7) is -0.0503. The summed E-state index contributed by atoms with van der Waals surface area (Å²) in [7, 11) is -3.82. The largest absolute Gasteiger partial charge is 0.395 e. The molecule has 2 aromatic heterocycles. The smallest absolute Gasteiger partial charge is 0.265 e. The summed E-state index contributed by atoms with van der Waals surface area (Å²) in [5, 5.41) is 8.65. The molecule has 0 aromatic carbocycles. The molecule has 0 bridgehead atoms. The number of rotatable bonds is 4. The van der Waals surface area contributed by atoms with Crippen LogP contribution in [-0.2, 0) is 10.0 Å². The number of anilines is 1. The van der Waals surface area contributed by atoms with Crippen LogP contribution in [0.25, 0.3) is 0 Å². The van der Waals surface area contributed by atoms with E-state index in [4.69, 9.17) is 5.11 Å². The van der Waals surface area contributed by atoms with Crippen molar-refractivity contribution in [3.05, 3.63) is 42.5 Å². The van der Waals surface area contributed by atoms with E-state index in [-0.39, 0.29) is 17.5 Å². The van der Waals surface area contributed by atoms with Crippen molar-refractivity contribution >= 4 is 16.0 Å². The van der Waals surface area contributed by atoms with E-state index in [0.717, 1.165) is 0 Å². The number of aromatic nitrogens is 3. The number of sulfonamides is 1. The molecular weight excluding hydrogens is 292 g/mol. The molecule has 0 amide bonds. The van der Waals surface area contributed by atoms with Crippen LogP contribution >= 0.6 is 0 Å². The van der Waals surface area contributed by atoms with Crippen LogP contribution in [0.15, 0.2) is 41.8 Å². The van der Waals surface area contributed by atoms with Gasteiger partial charge in [-0.3, -0.25) is 4.98 Å². The maximum Gasteiger partial charge on any atom is 0.265 e. The molecule has 2 heterocycles. The molecule has 0 saturated carbocycles. The highest BCUT2D eigenvalue weighted by Crippen LogP contribution is 2.12. The van der Waals surface area contributed by atoms with Crippen molar-refractivity contribution in [2.24, 2.45) is 0 Å². The Hall–Kier alpha value is -2.50. The van der Waals surface area contributed by atoms with Gasteiger partial charge in [-0.05, 0) is 12.1 Å². The average Bonchev–Trinajstić information content (AvgIpc) is 2.48. The Bertz CT molecular complexity index is 767. The number of nitrogens with zero attached hydrogens (tertiary/aromatic N) is 3. The van der Waals surface area contributed by atoms with Crippen LogP contribution in [0.2, 0.25) is 0 Å². The molecule has 2 rings (SSSR count). The first kappa shape index (κ1) is 14.9. The molecule has 21 heavy (non-hydrogen) atoms. The van der Waals surface area contributed by atoms with Crippen molar-refractivity contribution in [1.82, 2.24) is 15.0 Å². The summed E-state index contributed by atoms with van der Waals surface area (Å²) in [6, 6.07) is 2.97. The number of aliphatic hydroxyl groups excluding tert-OH is 1. The Kier molecular flexibility index (Phi) is 4.81. The Balaban J connectivity index is 2.25. The van der Waals surface area contributed by atoms with E-state index in [2.05, 4.69) is 31.5 Å². The van der Waals surface area contributed by atoms with Gasteiger partial charge in [-0.15, -0.1) is 0 Å². The molecule has 0 spiro atoms. The standard InChI is InChI=1S/C13H12N4O3S/c18-7-2-1-4-11-8-12(10-14-9-11)21(19,20)17-13-15-5-3-6-16-13/h3,5-6,8-10,18H,2,7H2,(H,15,16,17). The summed E-state index contributed by atoms with van der Waals surface area (Å²) >= 11 is 0. The van der Waals surface area contributed by atoms with E-state index >= 15 is 0 Å². The fraction of sp³-hybridized carbons (Fsp3) is 0.154. The van der Waals surface area contributed by atoms with Gasteiger partial charge in [0.25, 0.3) is 10.0 Å². The quantitative estimate of drug-likeness (QED) is 0.792. The maximum atomic E-state index is 12.2. The highest BCUT2D eigenvalue weighted by molar-refractivity contribution is 7.92. The molecule has 0 aliphatic carbocycles. The van der Waals surface area contributed by atoms with Gasteiger partial charge < -0.3 is 5.11 Å². The van der Waals surface area contributed by atoms with Crippen LogP contribution in [0.3, 0.4) is 0 Å². The lowest BCUT2D eigenvalue weighted by molar-refractivity contribution is 0.305. The van der Waals surface area contributed by atoms with Crippen molar-refractivity contribution in [1.29, 1.82) is 0 Å². The number of aliphatic hydroxyl groups is 1. The zero-order valence-electron chi connectivity index (χ0n) is 10.9. The Morgan fingerprint density at radius 2 is 2.00 bits per heavy atom. The minimum atomic E-state index is -3.82. The minimum absolute atomic E-state index is 0.0192. The molecule has 0 aliphatic rings. The maximum absolute atomic E-state index is 12.2. The van der Waals surface area contributed by atoms with Crippen LogP contribution in [-0.4, -0.2) is 35.1 Å². The molecule has 8 heteroatoms. The molecule has 0 aliphatic heterocycles. The molecular formula is C13H12N4O3S. The van der Waals surface area contributed by atoms with Crippen molar-refractivity contribution in [2.45, 2.75) is 11.3 Å². The first-order valence-corrected chi connectivity index (χ1v) is 7.45. The van der Waals surface area contributed by atoms with Gasteiger partial charge in [0, 0.05) is 36.8 Å². The zero-order valence-corrected chi connectivity index (χ0v) is 11.7. The second kappa shape index (κ2) is 6.78. The third-order valence-corrected chi connectivity index (χ3v) is 3.58. The van der Waals surface area contributed by atoms with Gasteiger partial charge in [-0.2, -0.15) is 0 Å². The number of hydrogen-bond acceptors (Lipinski definition) is 6. The van der Waals surface area contributed by atoms with Gasteiger partial charge in [0.05, 0.1) is 6.61 Å². The van der Waals surface area contributed by atoms with Crippen LogP contribution in [0.5, 0.6) is 0 Å². The Labute approximate surface area is 122 Å². The minimum Gasteiger partial charge on any atom is -0.395 e. The normalized spacial score (nSPS) is 10.5. The van der Waals surface area contributed by atoms with Gasteiger partial charge in [0.2, 0.25) is 5.95 Å². The predicted molar refractivity (Wildman–Crippen MR) is 75.7 cm³/mol. The van der Waals surface area contributed by atoms with Crippen molar-refractivity contribution in [2.75, 3.05) is 11.3 Å². The van der Waals surface area contributed by atoms with Gasteiger partial charge in [-0.1, -0.05) is 11.8 Å². The zero-order chi connectivity index (χ0) is 15.1. The highest BCUT2D eigenvalue weighted by Gasteiger charge is 2.16. The van der Waals surface area contributed by atoms with E-state index in [9.17, 15) is 8.42 Å². The molecule has 7 nitrogen and oxygen atoms in total. The van der Waals surface area contributed by atoms with E-state index in [0.29, 0.717) is 12.0 Å². The fourth-order valence-corrected chi connectivity index (χ4v) is 2.33. The number of nitrogens with one attached hydrogen (secondary N) is 1. The summed E-state index contributed by atoms with van der Waals surface area (Å²) in [5.41, 5.74) is 0.445. The molecule has 0 atom stereocenters. The third kappa shape index (κ3) is 4.24. The van der Waals surface area contributed by atoms with Gasteiger partial charge in [0.1, 0.15) is 4.90 Å². The van der Waals surface area contributed by atoms with E-state index < -0.39 is 10.0 Å². The summed E-state index contributed by atoms with van der Waals surface area (Å²) in [6.07, 6.45) is 5.83. The fourth-order valence-electron chi connectivity index (χ4n) is 1.39. The monoisotopic (exact) mass is 304 g/mol. The topological polar surface area (TPSA) is 105 Å². The van der Waals surface area contributed by atoms with Gasteiger partial charge >= 0.3 is 0 Å². The first-order valence-electron chi connectivity index (χ1n) is 5.96. The van der Waals surface area contributed by atoms with Gasteiger partial charge in [-0.25, -0.2) is 23.1 Å². The lowest BCUT2D eigenvalue weighted by Crippen LogP contribution is -2.15. The molecule has 0 radical (unpaired) electrons. The molecule has 2 aromatic rings. The molecule has 2 N–H and O–H groups in total. The van der Waals surface area contributed by atoms with Crippen LogP contribution in [0.4, 0.5) is 5.95 Å². The summed E-state index contributed by atoms with van der Waals surface area (Å²) < 4.78 is 26.6. The second-order valence-electron chi connectivity index (χ2n) is 3.86. The molecule has 0 fully saturated rings. The van der Waals surface area contributed by atoms with Crippen molar-refractivity contribution in [3.63, 3.8) is 0 Å². The lowest BCUT2D eigenvalue weighted by Gasteiger charge is -2.05. The van der Waals surface area contributed by atoms with Crippen molar-refractivity contribution in [3.8, 4) is 11.8 Å². The van der Waals surface area contributed by atoms with Crippen molar-refractivity contribution < 1.29 is 13.5 Å². The SMILES string of the molecule is O=S(=O)(Nc1ncccn1)c1cncc(C#CCCO)c1. The van der Waals surface area contributed by atoms with E-state index in [1.165, 1.54) is 30.9 Å². The highest BCUT2D eigenvalue weighted by atomic mass is 32.2. The number of pyridine rings is 1. The summed E-state index contributed by atoms with van der Waals surface area (Å²) in [4.78, 5) is 11.4. The third-order valence-electron chi connectivity index (χ3n) is 2.28. The van der Waals surface area contributed by atoms with E-state index in [1.807, 2.05) is 0 Å². The lowest BCUT2D eigenvalue weighted by atomic mass is 10.3. The predicted octanol–water partition coefficient (Wildman–Crippen LogP) is 0.406. The Morgan fingerprint density at radius 3 is 2.71 bits per heavy atom. The number of hydrogen-bond donors (Lipinski definition) is 2. The van der Waals surface area contributed by atoms with Gasteiger partial charge in [0.15, 0.2) is 0 Å². The average molecular weight is 304 g/mol. The molecule has 0 unspecified atom stereocenters. The first-order chi connectivity index (χ1) is 10.1. The van der Waals surface area contributed by atoms with Crippen LogP contribution in [0.1, 0.15) is 12.0 Å². The van der Waals surface area contributed by atoms with Crippen LogP contribution < -0.4 is 4.72 Å². The summed E-state index contributed by atoms with van der Waals surface area (Å²) in [5.74, 6) is 5.41.